The third kappa shape index (κ3) is 3.01. The van der Waals surface area contributed by atoms with E-state index in [1.807, 2.05) is 28.8 Å². The van der Waals surface area contributed by atoms with Gasteiger partial charge in [0, 0.05) is 29.3 Å². The average molecular weight is 294 g/mol. The van der Waals surface area contributed by atoms with Gasteiger partial charge in [0.05, 0.1) is 6.33 Å². The van der Waals surface area contributed by atoms with Crippen LogP contribution in [-0.4, -0.2) is 9.55 Å². The van der Waals surface area contributed by atoms with Crippen LogP contribution in [0.15, 0.2) is 46.1 Å². The summed E-state index contributed by atoms with van der Waals surface area (Å²) in [6.07, 6.45) is 3.28. The van der Waals surface area contributed by atoms with Crippen LogP contribution in [0.2, 0.25) is 0 Å². The molecule has 0 unspecified atom stereocenters. The summed E-state index contributed by atoms with van der Waals surface area (Å²) in [4.78, 5) is 15.1. The molecule has 0 aliphatic heterocycles. The minimum atomic E-state index is -0.252. The summed E-state index contributed by atoms with van der Waals surface area (Å²) in [5.41, 5.74) is 6.89. The molecule has 4 nitrogen and oxygen atoms in total. The Bertz CT molecular complexity index is 580. The summed E-state index contributed by atoms with van der Waals surface area (Å²) >= 11 is 3.42. The van der Waals surface area contributed by atoms with E-state index in [-0.39, 0.29) is 12.1 Å². The van der Waals surface area contributed by atoms with Crippen molar-refractivity contribution in [3.05, 3.63) is 62.7 Å². The topological polar surface area (TPSA) is 60.9 Å². The van der Waals surface area contributed by atoms with Crippen LogP contribution in [0, 0.1) is 0 Å². The number of aromatic nitrogens is 2. The minimum Gasteiger partial charge on any atom is -0.334 e. The first-order valence-corrected chi connectivity index (χ1v) is 5.98. The molecule has 0 atom stereocenters. The molecule has 88 valence electrons. The third-order valence-electron chi connectivity index (χ3n) is 2.39. The fraction of sp³-hybridized carbons (Fsp3) is 0.167. The summed E-state index contributed by atoms with van der Waals surface area (Å²) in [7, 11) is 0. The smallest absolute Gasteiger partial charge is 0.277 e. The molecule has 2 aromatic rings. The lowest BCUT2D eigenvalue weighted by molar-refractivity contribution is 0.743. The van der Waals surface area contributed by atoms with E-state index in [1.165, 1.54) is 6.33 Å². The molecule has 0 amide bonds. The first-order chi connectivity index (χ1) is 8.19. The normalized spacial score (nSPS) is 10.5. The highest BCUT2D eigenvalue weighted by Crippen LogP contribution is 2.12. The van der Waals surface area contributed by atoms with Crippen molar-refractivity contribution in [3.8, 4) is 0 Å². The highest BCUT2D eigenvalue weighted by molar-refractivity contribution is 9.10. The van der Waals surface area contributed by atoms with Crippen molar-refractivity contribution in [2.75, 3.05) is 0 Å². The Balaban J connectivity index is 2.27. The van der Waals surface area contributed by atoms with Crippen molar-refractivity contribution in [2.45, 2.75) is 13.1 Å². The molecular formula is C12H12BrN3O. The van der Waals surface area contributed by atoms with Gasteiger partial charge in [0.2, 0.25) is 0 Å². The van der Waals surface area contributed by atoms with Crippen LogP contribution in [0.25, 0.3) is 0 Å². The monoisotopic (exact) mass is 293 g/mol. The molecule has 0 fully saturated rings. The van der Waals surface area contributed by atoms with Gasteiger partial charge < -0.3 is 10.3 Å². The lowest BCUT2D eigenvalue weighted by atomic mass is 10.2. The predicted molar refractivity (Wildman–Crippen MR) is 69.6 cm³/mol. The molecule has 0 saturated carbocycles. The number of rotatable bonds is 3. The second kappa shape index (κ2) is 5.25. The van der Waals surface area contributed by atoms with Gasteiger partial charge in [-0.2, -0.15) is 4.98 Å². The van der Waals surface area contributed by atoms with Gasteiger partial charge in [0.25, 0.3) is 5.56 Å². The highest BCUT2D eigenvalue weighted by atomic mass is 79.9. The largest absolute Gasteiger partial charge is 0.334 e. The predicted octanol–water partition coefficient (Wildman–Crippen LogP) is 1.51. The maximum Gasteiger partial charge on any atom is 0.277 e. The van der Waals surface area contributed by atoms with Crippen molar-refractivity contribution in [1.29, 1.82) is 0 Å². The summed E-state index contributed by atoms with van der Waals surface area (Å²) < 4.78 is 2.88. The molecule has 0 saturated heterocycles. The third-order valence-corrected chi connectivity index (χ3v) is 2.89. The zero-order valence-corrected chi connectivity index (χ0v) is 10.7. The van der Waals surface area contributed by atoms with Gasteiger partial charge in [-0.1, -0.05) is 28.1 Å². The maximum atomic E-state index is 11.3. The zero-order chi connectivity index (χ0) is 12.3. The molecule has 0 spiro atoms. The Kier molecular flexibility index (Phi) is 3.71. The van der Waals surface area contributed by atoms with Crippen LogP contribution >= 0.6 is 15.9 Å². The van der Waals surface area contributed by atoms with Gasteiger partial charge in [-0.05, 0) is 17.7 Å². The molecular weight excluding hydrogens is 282 g/mol. The molecule has 1 aromatic carbocycles. The van der Waals surface area contributed by atoms with Gasteiger partial charge >= 0.3 is 0 Å². The Morgan fingerprint density at radius 1 is 1.41 bits per heavy atom. The molecule has 2 rings (SSSR count). The number of nitrogens with two attached hydrogens (primary N) is 1. The average Bonchev–Trinajstić information content (AvgIpc) is 2.32. The Hall–Kier alpha value is -1.46. The van der Waals surface area contributed by atoms with Crippen LogP contribution in [0.1, 0.15) is 11.1 Å². The van der Waals surface area contributed by atoms with Crippen LogP contribution in [0.5, 0.6) is 0 Å². The zero-order valence-electron chi connectivity index (χ0n) is 9.14. The fourth-order valence-corrected chi connectivity index (χ4v) is 2.02. The molecule has 1 aromatic heterocycles. The van der Waals surface area contributed by atoms with Gasteiger partial charge in [0.15, 0.2) is 0 Å². The minimum absolute atomic E-state index is 0.213. The van der Waals surface area contributed by atoms with Crippen molar-refractivity contribution in [1.82, 2.24) is 9.55 Å². The van der Waals surface area contributed by atoms with Crippen LogP contribution in [0.3, 0.4) is 0 Å². The fourth-order valence-electron chi connectivity index (χ4n) is 1.57. The SMILES string of the molecule is NCc1cn(Cc2cccc(Br)c2)cnc1=O. The summed E-state index contributed by atoms with van der Waals surface area (Å²) in [6, 6.07) is 7.99. The van der Waals surface area contributed by atoms with Crippen molar-refractivity contribution < 1.29 is 0 Å². The Morgan fingerprint density at radius 2 is 2.24 bits per heavy atom. The lowest BCUT2D eigenvalue weighted by Gasteiger charge is -2.07. The quantitative estimate of drug-likeness (QED) is 0.933. The second-order valence-electron chi connectivity index (χ2n) is 3.71. The lowest BCUT2D eigenvalue weighted by Crippen LogP contribution is -2.19. The molecule has 0 aliphatic rings. The Morgan fingerprint density at radius 3 is 2.94 bits per heavy atom. The summed E-state index contributed by atoms with van der Waals surface area (Å²) in [6.45, 7) is 0.880. The molecule has 0 bridgehead atoms. The standard InChI is InChI=1S/C12H12BrN3O/c13-11-3-1-2-9(4-11)6-16-7-10(5-14)12(17)15-8-16/h1-4,7-8H,5-6,14H2. The van der Waals surface area contributed by atoms with Gasteiger partial charge in [-0.15, -0.1) is 0 Å². The van der Waals surface area contributed by atoms with Gasteiger partial charge in [0.1, 0.15) is 0 Å². The highest BCUT2D eigenvalue weighted by Gasteiger charge is 2.00. The van der Waals surface area contributed by atoms with Crippen LogP contribution in [-0.2, 0) is 13.1 Å². The van der Waals surface area contributed by atoms with Crippen molar-refractivity contribution >= 4 is 15.9 Å². The summed E-state index contributed by atoms with van der Waals surface area (Å²) in [5.74, 6) is 0. The molecule has 5 heteroatoms. The van der Waals surface area contributed by atoms with E-state index in [0.29, 0.717) is 12.1 Å². The number of benzene rings is 1. The van der Waals surface area contributed by atoms with E-state index in [9.17, 15) is 4.79 Å². The van der Waals surface area contributed by atoms with Crippen molar-refractivity contribution in [3.63, 3.8) is 0 Å². The molecule has 2 N–H and O–H groups in total. The Labute approximate surface area is 107 Å². The molecule has 17 heavy (non-hydrogen) atoms. The van der Waals surface area contributed by atoms with Crippen LogP contribution in [0.4, 0.5) is 0 Å². The molecule has 0 radical (unpaired) electrons. The second-order valence-corrected chi connectivity index (χ2v) is 4.63. The van der Waals surface area contributed by atoms with E-state index < -0.39 is 0 Å². The van der Waals surface area contributed by atoms with Crippen molar-refractivity contribution in [2.24, 2.45) is 5.73 Å². The van der Waals surface area contributed by atoms with Crippen LogP contribution < -0.4 is 11.3 Å². The van der Waals surface area contributed by atoms with E-state index in [0.717, 1.165) is 10.0 Å². The summed E-state index contributed by atoms with van der Waals surface area (Å²) in [5, 5.41) is 0. The van der Waals surface area contributed by atoms with E-state index in [4.69, 9.17) is 5.73 Å². The number of hydrogen-bond acceptors (Lipinski definition) is 3. The van der Waals surface area contributed by atoms with Gasteiger partial charge in [-0.25, -0.2) is 0 Å². The molecule has 1 heterocycles. The first-order valence-electron chi connectivity index (χ1n) is 5.18. The van der Waals surface area contributed by atoms with E-state index in [2.05, 4.69) is 20.9 Å². The number of hydrogen-bond donors (Lipinski definition) is 1. The molecule has 0 aliphatic carbocycles. The maximum absolute atomic E-state index is 11.3. The van der Waals surface area contributed by atoms with Gasteiger partial charge in [-0.3, -0.25) is 4.79 Å². The number of halogens is 1. The van der Waals surface area contributed by atoms with E-state index in [1.54, 1.807) is 6.20 Å². The van der Waals surface area contributed by atoms with E-state index >= 15 is 0 Å². The number of nitrogens with zero attached hydrogens (tertiary/aromatic N) is 2. The first kappa shape index (κ1) is 12.0.